The molecule has 0 spiro atoms. The first-order valence-electron chi connectivity index (χ1n) is 6.75. The van der Waals surface area contributed by atoms with E-state index in [1.54, 1.807) is 37.3 Å². The summed E-state index contributed by atoms with van der Waals surface area (Å²) in [7, 11) is 0. The second-order valence-electron chi connectivity index (χ2n) is 5.04. The van der Waals surface area contributed by atoms with Crippen LogP contribution in [0, 0.1) is 5.82 Å². The molecule has 21 heavy (non-hydrogen) atoms. The quantitative estimate of drug-likeness (QED) is 0.785. The highest BCUT2D eigenvalue weighted by molar-refractivity contribution is 5.83. The maximum Gasteiger partial charge on any atom is 0.266 e. The third-order valence-corrected chi connectivity index (χ3v) is 3.51. The van der Waals surface area contributed by atoms with Gasteiger partial charge < -0.3 is 5.73 Å². The topological polar surface area (TPSA) is 48.0 Å². The van der Waals surface area contributed by atoms with Gasteiger partial charge in [-0.25, -0.2) is 4.39 Å². The van der Waals surface area contributed by atoms with Crippen molar-refractivity contribution in [2.24, 2.45) is 5.73 Å². The standard InChI is InChI=1S/C17H15FN2O/c1-11(19)15-10-12-6-5-9-14(18)16(12)17(21)20(15)13-7-3-2-4-8-13/h2-11H,19H2,1H3. The van der Waals surface area contributed by atoms with Gasteiger partial charge in [-0.3, -0.25) is 9.36 Å². The SMILES string of the molecule is CC(N)c1cc2cccc(F)c2c(=O)n1-c1ccccc1. The highest BCUT2D eigenvalue weighted by atomic mass is 19.1. The van der Waals surface area contributed by atoms with Crippen LogP contribution in [-0.2, 0) is 0 Å². The molecule has 1 atom stereocenters. The molecule has 0 aliphatic rings. The van der Waals surface area contributed by atoms with Crippen LogP contribution in [0.15, 0.2) is 59.4 Å². The molecule has 3 aromatic rings. The molecule has 3 nitrogen and oxygen atoms in total. The molecule has 106 valence electrons. The maximum atomic E-state index is 14.0. The van der Waals surface area contributed by atoms with Crippen LogP contribution < -0.4 is 11.3 Å². The summed E-state index contributed by atoms with van der Waals surface area (Å²) in [5, 5.41) is 0.658. The molecule has 0 radical (unpaired) electrons. The van der Waals surface area contributed by atoms with E-state index in [1.807, 2.05) is 18.2 Å². The fourth-order valence-corrected chi connectivity index (χ4v) is 2.52. The zero-order chi connectivity index (χ0) is 15.0. The van der Waals surface area contributed by atoms with Crippen LogP contribution in [-0.4, -0.2) is 4.57 Å². The summed E-state index contributed by atoms with van der Waals surface area (Å²) in [6, 6.07) is 15.2. The van der Waals surface area contributed by atoms with E-state index in [1.165, 1.54) is 10.6 Å². The average molecular weight is 282 g/mol. The number of hydrogen-bond donors (Lipinski definition) is 1. The number of nitrogens with zero attached hydrogens (tertiary/aromatic N) is 1. The monoisotopic (exact) mass is 282 g/mol. The lowest BCUT2D eigenvalue weighted by Gasteiger charge is -2.17. The maximum absolute atomic E-state index is 14.0. The van der Waals surface area contributed by atoms with Gasteiger partial charge in [0.2, 0.25) is 0 Å². The van der Waals surface area contributed by atoms with Crippen molar-refractivity contribution in [1.82, 2.24) is 4.57 Å². The van der Waals surface area contributed by atoms with Gasteiger partial charge in [-0.1, -0.05) is 30.3 Å². The average Bonchev–Trinajstić information content (AvgIpc) is 2.47. The molecule has 0 saturated carbocycles. The predicted molar refractivity (Wildman–Crippen MR) is 82.1 cm³/mol. The molecule has 0 amide bonds. The fourth-order valence-electron chi connectivity index (χ4n) is 2.52. The third kappa shape index (κ3) is 2.23. The van der Waals surface area contributed by atoms with Gasteiger partial charge in [0.25, 0.3) is 5.56 Å². The highest BCUT2D eigenvalue weighted by Gasteiger charge is 2.15. The van der Waals surface area contributed by atoms with Crippen molar-refractivity contribution in [1.29, 1.82) is 0 Å². The summed E-state index contributed by atoms with van der Waals surface area (Å²) in [6.45, 7) is 1.80. The van der Waals surface area contributed by atoms with Crippen molar-refractivity contribution in [3.8, 4) is 5.69 Å². The lowest BCUT2D eigenvalue weighted by atomic mass is 10.1. The summed E-state index contributed by atoms with van der Waals surface area (Å²) >= 11 is 0. The molecule has 1 unspecified atom stereocenters. The number of nitrogens with two attached hydrogens (primary N) is 1. The fraction of sp³-hybridized carbons (Fsp3) is 0.118. The molecule has 0 fully saturated rings. The van der Waals surface area contributed by atoms with E-state index in [4.69, 9.17) is 5.73 Å². The number of fused-ring (bicyclic) bond motifs is 1. The minimum atomic E-state index is -0.515. The number of hydrogen-bond acceptors (Lipinski definition) is 2. The summed E-state index contributed by atoms with van der Waals surface area (Å²) < 4.78 is 15.5. The van der Waals surface area contributed by atoms with Crippen molar-refractivity contribution in [3.63, 3.8) is 0 Å². The first kappa shape index (κ1) is 13.5. The minimum Gasteiger partial charge on any atom is -0.323 e. The lowest BCUT2D eigenvalue weighted by molar-refractivity contribution is 0.636. The van der Waals surface area contributed by atoms with Crippen molar-refractivity contribution >= 4 is 10.8 Å². The smallest absolute Gasteiger partial charge is 0.266 e. The molecule has 1 aromatic heterocycles. The van der Waals surface area contributed by atoms with E-state index in [-0.39, 0.29) is 17.0 Å². The molecule has 0 aliphatic carbocycles. The summed E-state index contributed by atoms with van der Waals surface area (Å²) in [6.07, 6.45) is 0. The van der Waals surface area contributed by atoms with Gasteiger partial charge in [0.15, 0.2) is 0 Å². The van der Waals surface area contributed by atoms with Crippen molar-refractivity contribution in [3.05, 3.63) is 76.5 Å². The Balaban J connectivity index is 2.47. The number of rotatable bonds is 2. The van der Waals surface area contributed by atoms with E-state index in [2.05, 4.69) is 0 Å². The Kier molecular flexibility index (Phi) is 3.31. The van der Waals surface area contributed by atoms with Crippen LogP contribution in [0.25, 0.3) is 16.5 Å². The Morgan fingerprint density at radius 3 is 2.48 bits per heavy atom. The number of para-hydroxylation sites is 1. The van der Waals surface area contributed by atoms with Crippen molar-refractivity contribution < 1.29 is 4.39 Å². The van der Waals surface area contributed by atoms with Gasteiger partial charge in [-0.05, 0) is 36.6 Å². The number of pyridine rings is 1. The Labute approximate surface area is 121 Å². The zero-order valence-corrected chi connectivity index (χ0v) is 11.6. The molecule has 2 aromatic carbocycles. The van der Waals surface area contributed by atoms with Gasteiger partial charge in [0.05, 0.1) is 5.39 Å². The Morgan fingerprint density at radius 1 is 1.10 bits per heavy atom. The van der Waals surface area contributed by atoms with Crippen molar-refractivity contribution in [2.45, 2.75) is 13.0 Å². The van der Waals surface area contributed by atoms with Gasteiger partial charge in [0, 0.05) is 17.4 Å². The Bertz CT molecular complexity index is 854. The molecule has 1 heterocycles. The predicted octanol–water partition coefficient (Wildman–Crippen LogP) is 3.15. The lowest BCUT2D eigenvalue weighted by Crippen LogP contribution is -2.26. The molecular weight excluding hydrogens is 267 g/mol. The molecule has 0 bridgehead atoms. The van der Waals surface area contributed by atoms with Crippen LogP contribution >= 0.6 is 0 Å². The van der Waals surface area contributed by atoms with Gasteiger partial charge in [0.1, 0.15) is 5.82 Å². The zero-order valence-electron chi connectivity index (χ0n) is 11.6. The van der Waals surface area contributed by atoms with Gasteiger partial charge in [-0.2, -0.15) is 0 Å². The molecular formula is C17H15FN2O. The summed E-state index contributed by atoms with van der Waals surface area (Å²) in [4.78, 5) is 12.7. The van der Waals surface area contributed by atoms with E-state index in [0.29, 0.717) is 16.8 Å². The van der Waals surface area contributed by atoms with Crippen LogP contribution in [0.2, 0.25) is 0 Å². The molecule has 4 heteroatoms. The van der Waals surface area contributed by atoms with Crippen LogP contribution in [0.4, 0.5) is 4.39 Å². The molecule has 2 N–H and O–H groups in total. The van der Waals surface area contributed by atoms with E-state index >= 15 is 0 Å². The summed E-state index contributed by atoms with van der Waals surface area (Å²) in [5.41, 5.74) is 6.95. The number of halogens is 1. The van der Waals surface area contributed by atoms with Crippen molar-refractivity contribution in [2.75, 3.05) is 0 Å². The van der Waals surface area contributed by atoms with Gasteiger partial charge in [-0.15, -0.1) is 0 Å². The van der Waals surface area contributed by atoms with Crippen LogP contribution in [0.3, 0.4) is 0 Å². The molecule has 0 aliphatic heterocycles. The first-order valence-corrected chi connectivity index (χ1v) is 6.75. The second kappa shape index (κ2) is 5.14. The normalized spacial score (nSPS) is 12.5. The largest absolute Gasteiger partial charge is 0.323 e. The number of aromatic nitrogens is 1. The second-order valence-corrected chi connectivity index (χ2v) is 5.04. The van der Waals surface area contributed by atoms with Crippen LogP contribution in [0.5, 0.6) is 0 Å². The first-order chi connectivity index (χ1) is 10.1. The third-order valence-electron chi connectivity index (χ3n) is 3.51. The minimum absolute atomic E-state index is 0.0887. The Hall–Kier alpha value is -2.46. The molecule has 3 rings (SSSR count). The number of benzene rings is 2. The van der Waals surface area contributed by atoms with E-state index in [9.17, 15) is 9.18 Å². The van der Waals surface area contributed by atoms with E-state index in [0.717, 1.165) is 0 Å². The van der Waals surface area contributed by atoms with E-state index < -0.39 is 5.82 Å². The van der Waals surface area contributed by atoms with Gasteiger partial charge >= 0.3 is 0 Å². The van der Waals surface area contributed by atoms with Crippen LogP contribution in [0.1, 0.15) is 18.7 Å². The Morgan fingerprint density at radius 2 is 1.81 bits per heavy atom. The highest BCUT2D eigenvalue weighted by Crippen LogP contribution is 2.21. The molecule has 0 saturated heterocycles. The summed E-state index contributed by atoms with van der Waals surface area (Å²) in [5.74, 6) is -0.515.